The van der Waals surface area contributed by atoms with E-state index in [9.17, 15) is 4.39 Å². The van der Waals surface area contributed by atoms with Crippen molar-refractivity contribution in [1.82, 2.24) is 9.97 Å². The summed E-state index contributed by atoms with van der Waals surface area (Å²) in [6.07, 6.45) is 4.91. The summed E-state index contributed by atoms with van der Waals surface area (Å²) in [6.45, 7) is 0.664. The molecule has 0 saturated heterocycles. The van der Waals surface area contributed by atoms with E-state index in [0.29, 0.717) is 19.0 Å². The number of hydrogen-bond acceptors (Lipinski definition) is 6. The first-order valence-corrected chi connectivity index (χ1v) is 6.13. The van der Waals surface area contributed by atoms with Crippen LogP contribution in [0.4, 0.5) is 16.2 Å². The van der Waals surface area contributed by atoms with Crippen molar-refractivity contribution >= 4 is 11.8 Å². The Bertz CT molecular complexity index is 399. The zero-order valence-electron chi connectivity index (χ0n) is 10.1. The number of nitrogens with one attached hydrogen (secondary N) is 1. The number of aromatic nitrogens is 2. The van der Waals surface area contributed by atoms with Crippen molar-refractivity contribution in [3.05, 3.63) is 12.0 Å². The fraction of sp³-hybridized carbons (Fsp3) is 0.636. The lowest BCUT2D eigenvalue weighted by atomic mass is 9.91. The van der Waals surface area contributed by atoms with Crippen molar-refractivity contribution in [2.75, 3.05) is 23.5 Å². The second-order valence-electron chi connectivity index (χ2n) is 4.36. The van der Waals surface area contributed by atoms with Gasteiger partial charge in [0.15, 0.2) is 11.6 Å². The molecule has 1 fully saturated rings. The number of halogens is 1. The third kappa shape index (κ3) is 2.68. The number of nitrogens with two attached hydrogens (primary N) is 1. The summed E-state index contributed by atoms with van der Waals surface area (Å²) >= 11 is 0. The smallest absolute Gasteiger partial charge is 0.239 e. The van der Waals surface area contributed by atoms with Gasteiger partial charge in [-0.15, -0.1) is 0 Å². The lowest BCUT2D eigenvalue weighted by molar-refractivity contribution is 0.282. The zero-order valence-corrected chi connectivity index (χ0v) is 10.1. The molecule has 1 heterocycles. The Labute approximate surface area is 105 Å². The number of aliphatic hydroxyl groups is 1. The average Bonchev–Trinajstić information content (AvgIpc) is 2.33. The minimum absolute atomic E-state index is 0.0813. The van der Waals surface area contributed by atoms with Crippen molar-refractivity contribution in [1.29, 1.82) is 0 Å². The van der Waals surface area contributed by atoms with Crippen LogP contribution >= 0.6 is 0 Å². The first-order valence-electron chi connectivity index (χ1n) is 6.13. The van der Waals surface area contributed by atoms with E-state index in [1.54, 1.807) is 0 Å². The van der Waals surface area contributed by atoms with Gasteiger partial charge in [-0.3, -0.25) is 5.43 Å². The largest absolute Gasteiger partial charge is 0.396 e. The molecule has 6 nitrogen and oxygen atoms in total. The number of hydrogen-bond donors (Lipinski definition) is 3. The highest BCUT2D eigenvalue weighted by Crippen LogP contribution is 2.30. The summed E-state index contributed by atoms with van der Waals surface area (Å²) in [4.78, 5) is 9.69. The summed E-state index contributed by atoms with van der Waals surface area (Å²) < 4.78 is 13.8. The van der Waals surface area contributed by atoms with Gasteiger partial charge in [-0.05, 0) is 25.7 Å². The first-order chi connectivity index (χ1) is 8.76. The van der Waals surface area contributed by atoms with Gasteiger partial charge in [0, 0.05) is 19.2 Å². The number of aliphatic hydroxyl groups excluding tert-OH is 1. The van der Waals surface area contributed by atoms with Crippen molar-refractivity contribution in [2.45, 2.75) is 31.7 Å². The van der Waals surface area contributed by atoms with Gasteiger partial charge in [-0.1, -0.05) is 0 Å². The van der Waals surface area contributed by atoms with Crippen molar-refractivity contribution in [3.8, 4) is 0 Å². The van der Waals surface area contributed by atoms with Gasteiger partial charge in [0.05, 0.1) is 6.20 Å². The Morgan fingerprint density at radius 3 is 2.89 bits per heavy atom. The van der Waals surface area contributed by atoms with E-state index in [0.717, 1.165) is 25.5 Å². The van der Waals surface area contributed by atoms with E-state index >= 15 is 0 Å². The highest BCUT2D eigenvalue weighted by molar-refractivity contribution is 5.45. The van der Waals surface area contributed by atoms with Gasteiger partial charge in [0.2, 0.25) is 5.95 Å². The fourth-order valence-electron chi connectivity index (χ4n) is 2.03. The average molecular weight is 255 g/mol. The fourth-order valence-corrected chi connectivity index (χ4v) is 2.03. The second kappa shape index (κ2) is 5.92. The molecule has 0 spiro atoms. The molecular weight excluding hydrogens is 237 g/mol. The summed E-state index contributed by atoms with van der Waals surface area (Å²) in [7, 11) is 0. The molecule has 0 amide bonds. The molecule has 1 aromatic rings. The van der Waals surface area contributed by atoms with Crippen LogP contribution in [0.2, 0.25) is 0 Å². The maximum absolute atomic E-state index is 13.8. The maximum atomic E-state index is 13.8. The maximum Gasteiger partial charge on any atom is 0.239 e. The van der Waals surface area contributed by atoms with E-state index < -0.39 is 5.82 Å². The molecule has 0 bridgehead atoms. The third-order valence-electron chi connectivity index (χ3n) is 3.20. The molecule has 0 atom stereocenters. The lowest BCUT2D eigenvalue weighted by Gasteiger charge is -2.38. The molecule has 0 radical (unpaired) electrons. The molecule has 1 aliphatic rings. The van der Waals surface area contributed by atoms with Crippen LogP contribution in [-0.4, -0.2) is 34.3 Å². The van der Waals surface area contributed by atoms with Gasteiger partial charge >= 0.3 is 0 Å². The molecule has 0 aliphatic heterocycles. The monoisotopic (exact) mass is 255 g/mol. The molecule has 1 aromatic heterocycles. The molecule has 0 unspecified atom stereocenters. The summed E-state index contributed by atoms with van der Waals surface area (Å²) in [5.41, 5.74) is 2.32. The Balaban J connectivity index is 2.22. The van der Waals surface area contributed by atoms with Crippen LogP contribution in [0.15, 0.2) is 6.20 Å². The predicted molar refractivity (Wildman–Crippen MR) is 66.5 cm³/mol. The normalized spacial score (nSPS) is 15.3. The highest BCUT2D eigenvalue weighted by Gasteiger charge is 2.27. The quantitative estimate of drug-likeness (QED) is 0.511. The number of rotatable bonds is 6. The number of hydrazine groups is 1. The molecule has 1 saturated carbocycles. The molecule has 18 heavy (non-hydrogen) atoms. The van der Waals surface area contributed by atoms with Crippen LogP contribution in [0.5, 0.6) is 0 Å². The van der Waals surface area contributed by atoms with Crippen LogP contribution in [0.25, 0.3) is 0 Å². The van der Waals surface area contributed by atoms with Crippen molar-refractivity contribution < 1.29 is 9.50 Å². The summed E-state index contributed by atoms with van der Waals surface area (Å²) in [5.74, 6) is 5.23. The van der Waals surface area contributed by atoms with Crippen molar-refractivity contribution in [2.24, 2.45) is 5.84 Å². The second-order valence-corrected chi connectivity index (χ2v) is 4.36. The van der Waals surface area contributed by atoms with Crippen molar-refractivity contribution in [3.63, 3.8) is 0 Å². The Hall–Kier alpha value is -1.47. The van der Waals surface area contributed by atoms with Crippen LogP contribution in [0.1, 0.15) is 25.7 Å². The van der Waals surface area contributed by atoms with Gasteiger partial charge in [0.1, 0.15) is 0 Å². The van der Waals surface area contributed by atoms with Crippen LogP contribution in [0, 0.1) is 5.82 Å². The molecule has 7 heteroatoms. The van der Waals surface area contributed by atoms with E-state index in [2.05, 4.69) is 15.4 Å². The van der Waals surface area contributed by atoms with Crippen LogP contribution < -0.4 is 16.2 Å². The predicted octanol–water partition coefficient (Wildman–Crippen LogP) is 0.643. The van der Waals surface area contributed by atoms with Gasteiger partial charge < -0.3 is 10.0 Å². The summed E-state index contributed by atoms with van der Waals surface area (Å²) in [5, 5.41) is 8.92. The number of anilines is 2. The Kier molecular flexibility index (Phi) is 4.27. The van der Waals surface area contributed by atoms with E-state index in [4.69, 9.17) is 10.9 Å². The molecule has 2 rings (SSSR count). The first kappa shape index (κ1) is 13.0. The molecule has 100 valence electrons. The number of nitrogens with zero attached hydrogens (tertiary/aromatic N) is 3. The summed E-state index contributed by atoms with van der Waals surface area (Å²) in [6, 6.07) is 0.298. The Morgan fingerprint density at radius 1 is 1.56 bits per heavy atom. The van der Waals surface area contributed by atoms with Crippen LogP contribution in [-0.2, 0) is 0 Å². The van der Waals surface area contributed by atoms with Crippen LogP contribution in [0.3, 0.4) is 0 Å². The van der Waals surface area contributed by atoms with E-state index in [-0.39, 0.29) is 18.4 Å². The van der Waals surface area contributed by atoms with Gasteiger partial charge in [0.25, 0.3) is 0 Å². The minimum atomic E-state index is -0.459. The Morgan fingerprint density at radius 2 is 2.33 bits per heavy atom. The van der Waals surface area contributed by atoms with Gasteiger partial charge in [-0.25, -0.2) is 15.2 Å². The standard InChI is InChI=1S/C11H18FN5O/c12-9-7-14-11(16-13)15-10(9)17(5-2-6-18)8-3-1-4-8/h7-8,18H,1-6,13H2,(H,14,15,16). The molecule has 1 aliphatic carbocycles. The molecule has 0 aromatic carbocycles. The SMILES string of the molecule is NNc1ncc(F)c(N(CCCO)C2CCC2)n1. The minimum Gasteiger partial charge on any atom is -0.396 e. The molecular formula is C11H18FN5O. The number of nitrogen functional groups attached to an aromatic ring is 1. The lowest BCUT2D eigenvalue weighted by Crippen LogP contribution is -2.42. The third-order valence-corrected chi connectivity index (χ3v) is 3.20. The highest BCUT2D eigenvalue weighted by atomic mass is 19.1. The topological polar surface area (TPSA) is 87.3 Å². The zero-order chi connectivity index (χ0) is 13.0. The molecule has 4 N–H and O–H groups in total. The van der Waals surface area contributed by atoms with E-state index in [1.165, 1.54) is 0 Å². The van der Waals surface area contributed by atoms with E-state index in [1.807, 2.05) is 4.90 Å². The van der Waals surface area contributed by atoms with Gasteiger partial charge in [-0.2, -0.15) is 4.98 Å².